The Balaban J connectivity index is 1.50. The molecular weight excluding hydrogens is 498 g/mol. The molecule has 1 saturated heterocycles. The smallest absolute Gasteiger partial charge is 0.243 e. The minimum Gasteiger partial charge on any atom is -0.495 e. The number of para-hydroxylation sites is 2. The van der Waals surface area contributed by atoms with Gasteiger partial charge in [0.15, 0.2) is 0 Å². The van der Waals surface area contributed by atoms with E-state index in [9.17, 15) is 13.2 Å². The molecule has 0 saturated carbocycles. The highest BCUT2D eigenvalue weighted by molar-refractivity contribution is 7.89. The molecule has 0 aliphatic carbocycles. The van der Waals surface area contributed by atoms with Crippen molar-refractivity contribution in [1.82, 2.24) is 9.21 Å². The number of carbonyl (C=O) groups excluding carboxylic acids is 1. The lowest BCUT2D eigenvalue weighted by molar-refractivity contribution is -0.131. The van der Waals surface area contributed by atoms with Crippen molar-refractivity contribution in [2.45, 2.75) is 18.4 Å². The largest absolute Gasteiger partial charge is 0.495 e. The number of nitrogens with zero attached hydrogens (tertiary/aromatic N) is 3. The molecule has 0 aromatic heterocycles. The number of amides is 1. The van der Waals surface area contributed by atoms with Crippen LogP contribution in [-0.2, 0) is 21.4 Å². The molecule has 0 radical (unpaired) electrons. The van der Waals surface area contributed by atoms with Gasteiger partial charge >= 0.3 is 0 Å². The van der Waals surface area contributed by atoms with Gasteiger partial charge in [0.25, 0.3) is 0 Å². The Morgan fingerprint density at radius 3 is 2.33 bits per heavy atom. The third-order valence-electron chi connectivity index (χ3n) is 6.28. The predicted molar refractivity (Wildman–Crippen MR) is 142 cm³/mol. The van der Waals surface area contributed by atoms with Crippen LogP contribution in [0.15, 0.2) is 77.7 Å². The molecule has 1 aliphatic rings. The number of piperazine rings is 1. The number of ether oxygens (including phenoxy) is 1. The second-order valence-electron chi connectivity index (χ2n) is 8.76. The molecule has 1 aliphatic heterocycles. The van der Waals surface area contributed by atoms with Gasteiger partial charge in [-0.25, -0.2) is 8.42 Å². The van der Waals surface area contributed by atoms with Crippen LogP contribution < -0.4 is 9.64 Å². The normalized spacial score (nSPS) is 14.2. The second kappa shape index (κ2) is 11.3. The molecule has 190 valence electrons. The molecule has 3 aromatic carbocycles. The lowest BCUT2D eigenvalue weighted by atomic mass is 10.2. The fourth-order valence-corrected chi connectivity index (χ4v) is 5.85. The third kappa shape index (κ3) is 6.00. The van der Waals surface area contributed by atoms with Crippen molar-refractivity contribution < 1.29 is 17.9 Å². The summed E-state index contributed by atoms with van der Waals surface area (Å²) in [6, 6.07) is 21.5. The number of benzene rings is 3. The highest BCUT2D eigenvalue weighted by Crippen LogP contribution is 2.28. The molecule has 0 bridgehead atoms. The Morgan fingerprint density at radius 2 is 1.67 bits per heavy atom. The number of carbonyl (C=O) groups is 1. The summed E-state index contributed by atoms with van der Waals surface area (Å²) < 4.78 is 33.8. The van der Waals surface area contributed by atoms with Crippen molar-refractivity contribution in [3.05, 3.63) is 88.9 Å². The van der Waals surface area contributed by atoms with Gasteiger partial charge in [-0.2, -0.15) is 4.31 Å². The van der Waals surface area contributed by atoms with Crippen molar-refractivity contribution in [2.75, 3.05) is 44.7 Å². The molecule has 3 aromatic rings. The quantitative estimate of drug-likeness (QED) is 0.439. The maximum absolute atomic E-state index is 13.6. The Labute approximate surface area is 217 Å². The average Bonchev–Trinajstić information content (AvgIpc) is 2.88. The molecule has 0 N–H and O–H groups in total. The molecule has 9 heteroatoms. The minimum atomic E-state index is -3.91. The Hall–Kier alpha value is -3.07. The number of anilines is 1. The summed E-state index contributed by atoms with van der Waals surface area (Å²) in [7, 11) is -2.27. The van der Waals surface area contributed by atoms with Gasteiger partial charge < -0.3 is 14.5 Å². The number of sulfonamides is 1. The van der Waals surface area contributed by atoms with Crippen LogP contribution in [0.5, 0.6) is 5.75 Å². The summed E-state index contributed by atoms with van der Waals surface area (Å²) in [5, 5.41) is 0.513. The number of rotatable bonds is 8. The van der Waals surface area contributed by atoms with Crippen LogP contribution in [0, 0.1) is 6.92 Å². The highest BCUT2D eigenvalue weighted by atomic mass is 35.5. The monoisotopic (exact) mass is 527 g/mol. The molecule has 0 atom stereocenters. The standard InChI is InChI=1S/C27H30ClN3O4S/c1-21-10-12-24(13-11-21)36(33,34)31(19-22-6-5-7-23(28)18-22)20-27(32)30-16-14-29(15-17-30)25-8-3-4-9-26(25)35-2/h3-13,18H,14-17,19-20H2,1-2H3. The lowest BCUT2D eigenvalue weighted by Crippen LogP contribution is -2.51. The number of methoxy groups -OCH3 is 1. The van der Waals surface area contributed by atoms with Crippen molar-refractivity contribution in [1.29, 1.82) is 0 Å². The Bertz CT molecular complexity index is 1310. The van der Waals surface area contributed by atoms with Crippen LogP contribution in [0.2, 0.25) is 5.02 Å². The van der Waals surface area contributed by atoms with E-state index in [4.69, 9.17) is 16.3 Å². The van der Waals surface area contributed by atoms with Crippen LogP contribution in [0.25, 0.3) is 0 Å². The van der Waals surface area contributed by atoms with Gasteiger partial charge in [-0.1, -0.05) is 53.6 Å². The number of hydrogen-bond donors (Lipinski definition) is 0. The average molecular weight is 528 g/mol. The predicted octanol–water partition coefficient (Wildman–Crippen LogP) is 4.20. The maximum Gasteiger partial charge on any atom is 0.243 e. The highest BCUT2D eigenvalue weighted by Gasteiger charge is 2.30. The van der Waals surface area contributed by atoms with E-state index in [2.05, 4.69) is 4.90 Å². The summed E-state index contributed by atoms with van der Waals surface area (Å²) in [6.07, 6.45) is 0. The maximum atomic E-state index is 13.6. The molecule has 4 rings (SSSR count). The number of halogens is 1. The lowest BCUT2D eigenvalue weighted by Gasteiger charge is -2.37. The first-order valence-electron chi connectivity index (χ1n) is 11.7. The molecular formula is C27H30ClN3O4S. The third-order valence-corrected chi connectivity index (χ3v) is 8.32. The van der Waals surface area contributed by atoms with Gasteiger partial charge in [0.2, 0.25) is 15.9 Å². The Morgan fingerprint density at radius 1 is 0.972 bits per heavy atom. The molecule has 0 spiro atoms. The number of aryl methyl sites for hydroxylation is 1. The van der Waals surface area contributed by atoms with E-state index in [1.165, 1.54) is 4.31 Å². The van der Waals surface area contributed by atoms with Crippen LogP contribution in [0.1, 0.15) is 11.1 Å². The Kier molecular flexibility index (Phi) is 8.18. The van der Waals surface area contributed by atoms with Gasteiger partial charge in [-0.05, 0) is 48.9 Å². The van der Waals surface area contributed by atoms with Gasteiger partial charge in [-0.15, -0.1) is 0 Å². The zero-order valence-electron chi connectivity index (χ0n) is 20.4. The summed E-state index contributed by atoms with van der Waals surface area (Å²) in [5.74, 6) is 0.557. The molecule has 0 unspecified atom stereocenters. The zero-order chi connectivity index (χ0) is 25.7. The first-order valence-corrected chi connectivity index (χ1v) is 13.6. The summed E-state index contributed by atoms with van der Waals surface area (Å²) >= 11 is 6.13. The summed E-state index contributed by atoms with van der Waals surface area (Å²) in [5.41, 5.74) is 2.66. The molecule has 1 fully saturated rings. The minimum absolute atomic E-state index is 0.0453. The van der Waals surface area contributed by atoms with E-state index < -0.39 is 10.0 Å². The first-order chi connectivity index (χ1) is 17.3. The molecule has 1 heterocycles. The van der Waals surface area contributed by atoms with E-state index in [0.29, 0.717) is 36.8 Å². The molecule has 7 nitrogen and oxygen atoms in total. The summed E-state index contributed by atoms with van der Waals surface area (Å²) in [4.78, 5) is 17.4. The second-order valence-corrected chi connectivity index (χ2v) is 11.1. The fourth-order valence-electron chi connectivity index (χ4n) is 4.26. The van der Waals surface area contributed by atoms with E-state index in [-0.39, 0.29) is 23.9 Å². The van der Waals surface area contributed by atoms with Crippen LogP contribution >= 0.6 is 11.6 Å². The number of hydrogen-bond acceptors (Lipinski definition) is 5. The van der Waals surface area contributed by atoms with Crippen molar-refractivity contribution in [2.24, 2.45) is 0 Å². The molecule has 36 heavy (non-hydrogen) atoms. The van der Waals surface area contributed by atoms with Crippen molar-refractivity contribution >= 4 is 33.2 Å². The van der Waals surface area contributed by atoms with Gasteiger partial charge in [0.05, 0.1) is 24.2 Å². The van der Waals surface area contributed by atoms with Crippen LogP contribution in [-0.4, -0.2) is 63.4 Å². The fraction of sp³-hybridized carbons (Fsp3) is 0.296. The van der Waals surface area contributed by atoms with Crippen LogP contribution in [0.3, 0.4) is 0 Å². The SMILES string of the molecule is COc1ccccc1N1CCN(C(=O)CN(Cc2cccc(Cl)c2)S(=O)(=O)c2ccc(C)cc2)CC1. The topological polar surface area (TPSA) is 70.2 Å². The van der Waals surface area contributed by atoms with E-state index in [0.717, 1.165) is 17.0 Å². The van der Waals surface area contributed by atoms with E-state index in [1.807, 2.05) is 31.2 Å². The van der Waals surface area contributed by atoms with Gasteiger partial charge in [-0.3, -0.25) is 4.79 Å². The van der Waals surface area contributed by atoms with Gasteiger partial charge in [0, 0.05) is 37.7 Å². The molecule has 1 amide bonds. The zero-order valence-corrected chi connectivity index (χ0v) is 22.0. The van der Waals surface area contributed by atoms with Crippen molar-refractivity contribution in [3.63, 3.8) is 0 Å². The van der Waals surface area contributed by atoms with Crippen molar-refractivity contribution in [3.8, 4) is 5.75 Å². The summed E-state index contributed by atoms with van der Waals surface area (Å²) in [6.45, 7) is 3.94. The van der Waals surface area contributed by atoms with E-state index in [1.54, 1.807) is 60.5 Å². The van der Waals surface area contributed by atoms with Gasteiger partial charge in [0.1, 0.15) is 5.75 Å². The van der Waals surface area contributed by atoms with Crippen LogP contribution in [0.4, 0.5) is 5.69 Å². The van der Waals surface area contributed by atoms with E-state index >= 15 is 0 Å². The first kappa shape index (κ1) is 26.0.